The maximum atomic E-state index is 12.5. The van der Waals surface area contributed by atoms with Crippen LogP contribution in [0.4, 0.5) is 0 Å². The molecule has 1 aliphatic rings. The molecule has 1 aliphatic heterocycles. The molecule has 2 amide bonds. The molecular weight excluding hydrogens is 387 g/mol. The molecular formula is C19H32Cl2N4O2. The fourth-order valence-corrected chi connectivity index (χ4v) is 3.16. The standard InChI is InChI=1S/C19H30N4O2.2ClH/c1-3-22(4-2)19(25)15-21-10-12-23(13-11-21)18(24)14-17(20)16-8-6-5-7-9-16;;/h5-9,17H,3-4,10-15,20H2,1-2H3;2*1H. The predicted octanol–water partition coefficient (Wildman–Crippen LogP) is 1.93. The zero-order valence-electron chi connectivity index (χ0n) is 16.2. The Morgan fingerprint density at radius 1 is 1.04 bits per heavy atom. The van der Waals surface area contributed by atoms with Crippen LogP contribution in [0.15, 0.2) is 30.3 Å². The molecule has 0 saturated carbocycles. The summed E-state index contributed by atoms with van der Waals surface area (Å²) in [6.45, 7) is 8.70. The van der Waals surface area contributed by atoms with Crippen molar-refractivity contribution in [1.82, 2.24) is 14.7 Å². The minimum absolute atomic E-state index is 0. The lowest BCUT2D eigenvalue weighted by Gasteiger charge is -2.35. The average Bonchev–Trinajstić information content (AvgIpc) is 2.64. The van der Waals surface area contributed by atoms with Gasteiger partial charge in [0.05, 0.1) is 6.54 Å². The van der Waals surface area contributed by atoms with E-state index in [2.05, 4.69) is 4.90 Å². The van der Waals surface area contributed by atoms with Gasteiger partial charge in [0, 0.05) is 51.7 Å². The van der Waals surface area contributed by atoms with Gasteiger partial charge >= 0.3 is 0 Å². The lowest BCUT2D eigenvalue weighted by Crippen LogP contribution is -2.51. The largest absolute Gasteiger partial charge is 0.342 e. The number of likely N-dealkylation sites (N-methyl/N-ethyl adjacent to an activating group) is 1. The van der Waals surface area contributed by atoms with Gasteiger partial charge in [-0.05, 0) is 19.4 Å². The van der Waals surface area contributed by atoms with Crippen molar-refractivity contribution < 1.29 is 9.59 Å². The fraction of sp³-hybridized carbons (Fsp3) is 0.579. The fourth-order valence-electron chi connectivity index (χ4n) is 3.16. The Balaban J connectivity index is 0.00000338. The van der Waals surface area contributed by atoms with Gasteiger partial charge in [0.2, 0.25) is 11.8 Å². The second-order valence-corrected chi connectivity index (χ2v) is 6.44. The second-order valence-electron chi connectivity index (χ2n) is 6.44. The first-order valence-electron chi connectivity index (χ1n) is 9.13. The summed E-state index contributed by atoms with van der Waals surface area (Å²) in [5, 5.41) is 0. The highest BCUT2D eigenvalue weighted by atomic mass is 35.5. The molecule has 0 spiro atoms. The van der Waals surface area contributed by atoms with Crippen molar-refractivity contribution in [3.63, 3.8) is 0 Å². The molecule has 1 saturated heterocycles. The summed E-state index contributed by atoms with van der Waals surface area (Å²) in [4.78, 5) is 30.5. The first-order valence-corrected chi connectivity index (χ1v) is 9.13. The monoisotopic (exact) mass is 418 g/mol. The summed E-state index contributed by atoms with van der Waals surface area (Å²) in [5.41, 5.74) is 7.14. The highest BCUT2D eigenvalue weighted by molar-refractivity contribution is 5.85. The zero-order chi connectivity index (χ0) is 18.2. The summed E-state index contributed by atoms with van der Waals surface area (Å²) in [6, 6.07) is 9.45. The molecule has 2 rings (SSSR count). The molecule has 1 aromatic rings. The quantitative estimate of drug-likeness (QED) is 0.734. The van der Waals surface area contributed by atoms with Crippen molar-refractivity contribution in [2.75, 3.05) is 45.8 Å². The summed E-state index contributed by atoms with van der Waals surface area (Å²) in [5.74, 6) is 0.252. The van der Waals surface area contributed by atoms with E-state index >= 15 is 0 Å². The molecule has 1 fully saturated rings. The molecule has 0 radical (unpaired) electrons. The van der Waals surface area contributed by atoms with Crippen molar-refractivity contribution in [3.8, 4) is 0 Å². The van der Waals surface area contributed by atoms with E-state index in [0.717, 1.165) is 31.7 Å². The molecule has 0 bridgehead atoms. The Morgan fingerprint density at radius 2 is 1.59 bits per heavy atom. The maximum Gasteiger partial charge on any atom is 0.236 e. The number of nitrogens with two attached hydrogens (primary N) is 1. The van der Waals surface area contributed by atoms with Crippen molar-refractivity contribution >= 4 is 36.6 Å². The Hall–Kier alpha value is -1.34. The third kappa shape index (κ3) is 7.66. The molecule has 1 unspecified atom stereocenters. The maximum absolute atomic E-state index is 12.5. The van der Waals surface area contributed by atoms with Crippen LogP contribution in [0.3, 0.4) is 0 Å². The van der Waals surface area contributed by atoms with Crippen LogP contribution in [0, 0.1) is 0 Å². The number of rotatable bonds is 7. The SMILES string of the molecule is CCN(CC)C(=O)CN1CCN(C(=O)CC(N)c2ccccc2)CC1.Cl.Cl. The van der Waals surface area contributed by atoms with Crippen LogP contribution in [-0.4, -0.2) is 72.3 Å². The van der Waals surface area contributed by atoms with E-state index < -0.39 is 0 Å². The summed E-state index contributed by atoms with van der Waals surface area (Å²) >= 11 is 0. The number of carbonyl (C=O) groups excluding carboxylic acids is 2. The van der Waals surface area contributed by atoms with Crippen LogP contribution < -0.4 is 5.73 Å². The van der Waals surface area contributed by atoms with Gasteiger partial charge in [0.25, 0.3) is 0 Å². The number of carbonyl (C=O) groups is 2. The molecule has 154 valence electrons. The van der Waals surface area contributed by atoms with E-state index in [-0.39, 0.29) is 42.7 Å². The van der Waals surface area contributed by atoms with Gasteiger partial charge < -0.3 is 15.5 Å². The number of nitrogens with zero attached hydrogens (tertiary/aromatic N) is 3. The van der Waals surface area contributed by atoms with E-state index in [4.69, 9.17) is 5.73 Å². The average molecular weight is 419 g/mol. The normalized spacial score (nSPS) is 15.3. The summed E-state index contributed by atoms with van der Waals surface area (Å²) in [7, 11) is 0. The summed E-state index contributed by atoms with van der Waals surface area (Å²) in [6.07, 6.45) is 0.322. The predicted molar refractivity (Wildman–Crippen MR) is 113 cm³/mol. The second kappa shape index (κ2) is 12.9. The van der Waals surface area contributed by atoms with E-state index in [1.165, 1.54) is 0 Å². The smallest absolute Gasteiger partial charge is 0.236 e. The van der Waals surface area contributed by atoms with Crippen LogP contribution in [0.1, 0.15) is 31.9 Å². The minimum Gasteiger partial charge on any atom is -0.342 e. The third-order valence-corrected chi connectivity index (χ3v) is 4.82. The molecule has 1 atom stereocenters. The lowest BCUT2D eigenvalue weighted by molar-refractivity contribution is -0.135. The van der Waals surface area contributed by atoms with Crippen LogP contribution in [0.25, 0.3) is 0 Å². The number of halogens is 2. The Kier molecular flexibility index (Phi) is 12.3. The first-order chi connectivity index (χ1) is 12.0. The number of hydrogen-bond acceptors (Lipinski definition) is 4. The number of piperazine rings is 1. The molecule has 2 N–H and O–H groups in total. The molecule has 1 heterocycles. The summed E-state index contributed by atoms with van der Waals surface area (Å²) < 4.78 is 0. The van der Waals surface area contributed by atoms with E-state index in [9.17, 15) is 9.59 Å². The van der Waals surface area contributed by atoms with Crippen molar-refractivity contribution in [1.29, 1.82) is 0 Å². The van der Waals surface area contributed by atoms with E-state index in [1.807, 2.05) is 54.0 Å². The van der Waals surface area contributed by atoms with Crippen LogP contribution in [0.2, 0.25) is 0 Å². The molecule has 6 nitrogen and oxygen atoms in total. The highest BCUT2D eigenvalue weighted by Gasteiger charge is 2.24. The van der Waals surface area contributed by atoms with Gasteiger partial charge in [-0.2, -0.15) is 0 Å². The van der Waals surface area contributed by atoms with Crippen LogP contribution in [0.5, 0.6) is 0 Å². The van der Waals surface area contributed by atoms with Gasteiger partial charge in [-0.3, -0.25) is 14.5 Å². The Morgan fingerprint density at radius 3 is 2.11 bits per heavy atom. The molecule has 8 heteroatoms. The first kappa shape index (κ1) is 25.7. The Bertz CT molecular complexity index is 562. The van der Waals surface area contributed by atoms with E-state index in [0.29, 0.717) is 26.1 Å². The van der Waals surface area contributed by atoms with Crippen LogP contribution >= 0.6 is 24.8 Å². The number of benzene rings is 1. The van der Waals surface area contributed by atoms with Crippen molar-refractivity contribution in [2.24, 2.45) is 5.73 Å². The molecule has 1 aromatic carbocycles. The van der Waals surface area contributed by atoms with Gasteiger partial charge in [-0.25, -0.2) is 0 Å². The van der Waals surface area contributed by atoms with E-state index in [1.54, 1.807) is 0 Å². The van der Waals surface area contributed by atoms with Gasteiger partial charge in [-0.1, -0.05) is 30.3 Å². The van der Waals surface area contributed by atoms with Gasteiger partial charge in [0.15, 0.2) is 0 Å². The molecule has 0 aliphatic carbocycles. The number of hydrogen-bond donors (Lipinski definition) is 1. The zero-order valence-corrected chi connectivity index (χ0v) is 17.8. The van der Waals surface area contributed by atoms with Gasteiger partial charge in [-0.15, -0.1) is 24.8 Å². The lowest BCUT2D eigenvalue weighted by atomic mass is 10.0. The molecule has 0 aromatic heterocycles. The third-order valence-electron chi connectivity index (χ3n) is 4.82. The van der Waals surface area contributed by atoms with Crippen molar-refractivity contribution in [3.05, 3.63) is 35.9 Å². The van der Waals surface area contributed by atoms with Crippen molar-refractivity contribution in [2.45, 2.75) is 26.3 Å². The highest BCUT2D eigenvalue weighted by Crippen LogP contribution is 2.15. The Labute approximate surface area is 174 Å². The number of amides is 2. The molecule has 27 heavy (non-hydrogen) atoms. The minimum atomic E-state index is -0.268. The van der Waals surface area contributed by atoms with Gasteiger partial charge in [0.1, 0.15) is 0 Å². The van der Waals surface area contributed by atoms with Crippen LogP contribution in [-0.2, 0) is 9.59 Å². The topological polar surface area (TPSA) is 69.9 Å².